The second-order valence-corrected chi connectivity index (χ2v) is 5.36. The van der Waals surface area contributed by atoms with Crippen molar-refractivity contribution >= 4 is 27.8 Å². The molecule has 116 valence electrons. The van der Waals surface area contributed by atoms with E-state index >= 15 is 0 Å². The Kier molecular flexibility index (Phi) is 7.82. The van der Waals surface area contributed by atoms with Crippen molar-refractivity contribution in [3.05, 3.63) is 28.7 Å². The fraction of sp³-hybridized carbons (Fsp3) is 0.467. The first-order valence-corrected chi connectivity index (χ1v) is 7.66. The molecule has 0 saturated heterocycles. The number of ether oxygens (including phenoxy) is 2. The summed E-state index contributed by atoms with van der Waals surface area (Å²) in [4.78, 5) is 23.0. The zero-order valence-corrected chi connectivity index (χ0v) is 13.8. The smallest absolute Gasteiger partial charge is 0.328 e. The molecule has 0 spiro atoms. The topological polar surface area (TPSA) is 64.6 Å². The molecule has 0 aromatic heterocycles. The molecule has 1 aromatic carbocycles. The summed E-state index contributed by atoms with van der Waals surface area (Å²) < 4.78 is 11.3. The van der Waals surface area contributed by atoms with Crippen LogP contribution in [0, 0.1) is 0 Å². The highest BCUT2D eigenvalue weighted by Crippen LogP contribution is 2.16. The number of hydrogen-bond acceptors (Lipinski definition) is 4. The van der Waals surface area contributed by atoms with Gasteiger partial charge in [0.15, 0.2) is 0 Å². The van der Waals surface area contributed by atoms with Crippen LogP contribution in [0.3, 0.4) is 0 Å². The Morgan fingerprint density at radius 2 is 1.95 bits per heavy atom. The summed E-state index contributed by atoms with van der Waals surface area (Å²) in [5.41, 5.74) is 0. The molecule has 0 aliphatic heterocycles. The van der Waals surface area contributed by atoms with Gasteiger partial charge in [-0.05, 0) is 44.5 Å². The normalized spacial score (nSPS) is 11.6. The highest BCUT2D eigenvalue weighted by Gasteiger charge is 2.15. The van der Waals surface area contributed by atoms with E-state index in [4.69, 9.17) is 9.47 Å². The van der Waals surface area contributed by atoms with E-state index in [0.29, 0.717) is 26.1 Å². The van der Waals surface area contributed by atoms with Crippen LogP contribution >= 0.6 is 15.9 Å². The van der Waals surface area contributed by atoms with Crippen LogP contribution in [0.1, 0.15) is 26.7 Å². The third kappa shape index (κ3) is 7.13. The van der Waals surface area contributed by atoms with Gasteiger partial charge in [-0.3, -0.25) is 4.79 Å². The van der Waals surface area contributed by atoms with Crippen LogP contribution in [-0.4, -0.2) is 31.1 Å². The Balaban J connectivity index is 2.18. The first-order valence-electron chi connectivity index (χ1n) is 6.87. The minimum Gasteiger partial charge on any atom is -0.494 e. The van der Waals surface area contributed by atoms with Crippen molar-refractivity contribution in [2.24, 2.45) is 0 Å². The van der Waals surface area contributed by atoms with E-state index in [1.807, 2.05) is 24.3 Å². The fourth-order valence-electron chi connectivity index (χ4n) is 1.59. The lowest BCUT2D eigenvalue weighted by molar-refractivity contribution is -0.146. The van der Waals surface area contributed by atoms with Crippen molar-refractivity contribution in [2.45, 2.75) is 32.7 Å². The van der Waals surface area contributed by atoms with Crippen molar-refractivity contribution in [1.29, 1.82) is 0 Å². The van der Waals surface area contributed by atoms with Gasteiger partial charge >= 0.3 is 5.97 Å². The lowest BCUT2D eigenvalue weighted by Gasteiger charge is -2.12. The van der Waals surface area contributed by atoms with Crippen molar-refractivity contribution in [1.82, 2.24) is 5.32 Å². The molecule has 1 aromatic rings. The number of esters is 1. The Labute approximate surface area is 133 Å². The monoisotopic (exact) mass is 357 g/mol. The maximum absolute atomic E-state index is 11.6. The number of benzene rings is 1. The van der Waals surface area contributed by atoms with Gasteiger partial charge in [0.2, 0.25) is 5.91 Å². The summed E-state index contributed by atoms with van der Waals surface area (Å²) in [7, 11) is 0. The number of hydrogen-bond donors (Lipinski definition) is 1. The molecule has 0 saturated carbocycles. The van der Waals surface area contributed by atoms with Gasteiger partial charge in [-0.15, -0.1) is 0 Å². The number of carbonyl (C=O) groups is 2. The Morgan fingerprint density at radius 3 is 2.57 bits per heavy atom. The van der Waals surface area contributed by atoms with E-state index in [0.717, 1.165) is 10.2 Å². The van der Waals surface area contributed by atoms with Gasteiger partial charge in [-0.2, -0.15) is 0 Å². The molecular weight excluding hydrogens is 338 g/mol. The van der Waals surface area contributed by atoms with Gasteiger partial charge in [0.05, 0.1) is 13.2 Å². The van der Waals surface area contributed by atoms with Gasteiger partial charge in [0, 0.05) is 10.9 Å². The molecule has 1 amide bonds. The molecule has 0 aliphatic rings. The number of rotatable bonds is 8. The van der Waals surface area contributed by atoms with Gasteiger partial charge in [0.1, 0.15) is 11.8 Å². The molecule has 6 heteroatoms. The molecule has 1 unspecified atom stereocenters. The van der Waals surface area contributed by atoms with Crippen LogP contribution < -0.4 is 10.1 Å². The van der Waals surface area contributed by atoms with Crippen LogP contribution in [0.2, 0.25) is 0 Å². The highest BCUT2D eigenvalue weighted by molar-refractivity contribution is 9.10. The lowest BCUT2D eigenvalue weighted by atomic mass is 10.2. The summed E-state index contributed by atoms with van der Waals surface area (Å²) >= 11 is 3.35. The molecule has 0 heterocycles. The van der Waals surface area contributed by atoms with E-state index < -0.39 is 12.0 Å². The summed E-state index contributed by atoms with van der Waals surface area (Å²) in [6.45, 7) is 4.09. The minimum absolute atomic E-state index is 0.185. The molecule has 0 radical (unpaired) electrons. The van der Waals surface area contributed by atoms with Crippen molar-refractivity contribution in [2.75, 3.05) is 13.2 Å². The van der Waals surface area contributed by atoms with Crippen LogP contribution in [0.4, 0.5) is 0 Å². The molecule has 1 atom stereocenters. The standard InChI is InChI=1S/C15H20BrNO4/c1-3-20-15(19)11(2)17-14(18)5-4-10-21-13-8-6-12(16)7-9-13/h6-9,11H,3-5,10H2,1-2H3,(H,17,18). The Morgan fingerprint density at radius 1 is 1.29 bits per heavy atom. The van der Waals surface area contributed by atoms with Crippen molar-refractivity contribution < 1.29 is 19.1 Å². The average Bonchev–Trinajstić information content (AvgIpc) is 2.45. The SMILES string of the molecule is CCOC(=O)C(C)NC(=O)CCCOc1ccc(Br)cc1. The summed E-state index contributed by atoms with van der Waals surface area (Å²) in [6.07, 6.45) is 0.887. The van der Waals surface area contributed by atoms with E-state index in [1.165, 1.54) is 0 Å². The predicted octanol–water partition coefficient (Wildman–Crippen LogP) is 2.68. The average molecular weight is 358 g/mol. The summed E-state index contributed by atoms with van der Waals surface area (Å²) in [5.74, 6) is 0.158. The molecule has 5 nitrogen and oxygen atoms in total. The zero-order valence-electron chi connectivity index (χ0n) is 12.2. The van der Waals surface area contributed by atoms with Crippen molar-refractivity contribution in [3.8, 4) is 5.75 Å². The van der Waals surface area contributed by atoms with Gasteiger partial charge < -0.3 is 14.8 Å². The minimum atomic E-state index is -0.621. The highest BCUT2D eigenvalue weighted by atomic mass is 79.9. The first-order chi connectivity index (χ1) is 10.0. The molecule has 0 bridgehead atoms. The van der Waals surface area contributed by atoms with Crippen LogP contribution in [-0.2, 0) is 14.3 Å². The van der Waals surface area contributed by atoms with Gasteiger partial charge in [0.25, 0.3) is 0 Å². The Bertz CT molecular complexity index is 461. The third-order valence-electron chi connectivity index (χ3n) is 2.65. The molecule has 0 aliphatic carbocycles. The number of amides is 1. The van der Waals surface area contributed by atoms with Crippen molar-refractivity contribution in [3.63, 3.8) is 0 Å². The first kappa shape index (κ1) is 17.5. The quantitative estimate of drug-likeness (QED) is 0.573. The maximum atomic E-state index is 11.6. The van der Waals surface area contributed by atoms with Gasteiger partial charge in [-0.25, -0.2) is 4.79 Å². The summed E-state index contributed by atoms with van der Waals surface area (Å²) in [6, 6.07) is 6.87. The summed E-state index contributed by atoms with van der Waals surface area (Å²) in [5, 5.41) is 2.60. The van der Waals surface area contributed by atoms with E-state index in [9.17, 15) is 9.59 Å². The van der Waals surface area contributed by atoms with E-state index in [-0.39, 0.29) is 5.91 Å². The second kappa shape index (κ2) is 9.39. The zero-order chi connectivity index (χ0) is 15.7. The molecule has 0 fully saturated rings. The van der Waals surface area contributed by atoms with Gasteiger partial charge in [-0.1, -0.05) is 15.9 Å². The fourth-order valence-corrected chi connectivity index (χ4v) is 1.86. The molecule has 1 N–H and O–H groups in total. The molecular formula is C15H20BrNO4. The second-order valence-electron chi connectivity index (χ2n) is 4.45. The number of halogens is 1. The maximum Gasteiger partial charge on any atom is 0.328 e. The largest absolute Gasteiger partial charge is 0.494 e. The van der Waals surface area contributed by atoms with E-state index in [1.54, 1.807) is 13.8 Å². The van der Waals surface area contributed by atoms with Crippen LogP contribution in [0.15, 0.2) is 28.7 Å². The molecule has 21 heavy (non-hydrogen) atoms. The third-order valence-corrected chi connectivity index (χ3v) is 3.18. The Hall–Kier alpha value is -1.56. The number of carbonyl (C=O) groups excluding carboxylic acids is 2. The molecule has 1 rings (SSSR count). The van der Waals surface area contributed by atoms with Crippen LogP contribution in [0.5, 0.6) is 5.75 Å². The van der Waals surface area contributed by atoms with E-state index in [2.05, 4.69) is 21.2 Å². The number of nitrogens with one attached hydrogen (secondary N) is 1. The van der Waals surface area contributed by atoms with Crippen LogP contribution in [0.25, 0.3) is 0 Å². The predicted molar refractivity (Wildman–Crippen MR) is 83.1 cm³/mol. The lowest BCUT2D eigenvalue weighted by Crippen LogP contribution is -2.39.